The van der Waals surface area contributed by atoms with Crippen LogP contribution in [0.3, 0.4) is 0 Å². The number of cyclic esters (lactones) is 1. The standard InChI is InChI=1S/C38H52O11/c1-11-20(2)32(47-23(5)41)34(43)48-29-16-28-36(8,27-13-12-25(37(27,29)9)24-14-15-44-19-24)18-26(45-21(3)39)33-35(6,7)49-31(42)17-30(38(28,33)10)46-22(4)40/h13-15,19-20,25-26,28-30,32-33H,11-12,16-18H2,1-10H3/t20-,25-,26+,28-,29+,30-,32+,33+,36-,37-,38-/m0/s1. The quantitative estimate of drug-likeness (QED) is 0.175. The van der Waals surface area contributed by atoms with Crippen LogP contribution in [0.2, 0.25) is 0 Å². The summed E-state index contributed by atoms with van der Waals surface area (Å²) in [4.78, 5) is 65.1. The van der Waals surface area contributed by atoms with Gasteiger partial charge in [0.25, 0.3) is 0 Å². The van der Waals surface area contributed by atoms with E-state index in [1.165, 1.54) is 20.8 Å². The lowest BCUT2D eigenvalue weighted by atomic mass is 9.39. The maximum atomic E-state index is 14.1. The average molecular weight is 685 g/mol. The molecule has 5 rings (SSSR count). The van der Waals surface area contributed by atoms with Gasteiger partial charge in [-0.3, -0.25) is 19.2 Å². The Labute approximate surface area is 288 Å². The summed E-state index contributed by atoms with van der Waals surface area (Å²) in [7, 11) is 0. The Morgan fingerprint density at radius 3 is 2.20 bits per heavy atom. The molecule has 1 aliphatic heterocycles. The molecule has 3 fully saturated rings. The fourth-order valence-electron chi connectivity index (χ4n) is 10.6. The highest BCUT2D eigenvalue weighted by Crippen LogP contribution is 2.73. The van der Waals surface area contributed by atoms with Gasteiger partial charge < -0.3 is 28.1 Å². The van der Waals surface area contributed by atoms with Crippen molar-refractivity contribution in [1.82, 2.24) is 0 Å². The molecule has 0 unspecified atom stereocenters. The molecular weight excluding hydrogens is 632 g/mol. The smallest absolute Gasteiger partial charge is 0.348 e. The summed E-state index contributed by atoms with van der Waals surface area (Å²) in [5, 5.41) is 0. The lowest BCUT2D eigenvalue weighted by Crippen LogP contribution is -2.68. The summed E-state index contributed by atoms with van der Waals surface area (Å²) in [6.45, 7) is 17.6. The Bertz CT molecular complexity index is 1510. The molecule has 0 spiro atoms. The predicted octanol–water partition coefficient (Wildman–Crippen LogP) is 6.23. The van der Waals surface area contributed by atoms with Crippen molar-refractivity contribution in [3.8, 4) is 0 Å². The first-order chi connectivity index (χ1) is 22.8. The van der Waals surface area contributed by atoms with Crippen molar-refractivity contribution in [2.75, 3.05) is 0 Å². The maximum Gasteiger partial charge on any atom is 0.348 e. The van der Waals surface area contributed by atoms with Crippen LogP contribution >= 0.6 is 0 Å². The van der Waals surface area contributed by atoms with Crippen molar-refractivity contribution in [3.63, 3.8) is 0 Å². The minimum absolute atomic E-state index is 0.120. The fourth-order valence-corrected chi connectivity index (χ4v) is 10.6. The summed E-state index contributed by atoms with van der Waals surface area (Å²) in [6.07, 6.45) is 3.91. The van der Waals surface area contributed by atoms with Gasteiger partial charge in [0, 0.05) is 49.4 Å². The number of allylic oxidation sites excluding steroid dienone is 1. The minimum atomic E-state index is -1.12. The molecule has 11 heteroatoms. The van der Waals surface area contributed by atoms with Crippen molar-refractivity contribution < 1.29 is 52.1 Å². The molecule has 2 saturated carbocycles. The molecule has 0 N–H and O–H groups in total. The van der Waals surface area contributed by atoms with Gasteiger partial charge >= 0.3 is 29.8 Å². The Balaban J connectivity index is 1.72. The summed E-state index contributed by atoms with van der Waals surface area (Å²) in [5.41, 5.74) is -1.51. The van der Waals surface area contributed by atoms with Gasteiger partial charge in [0.1, 0.15) is 23.9 Å². The number of carbonyl (C=O) groups is 5. The highest BCUT2D eigenvalue weighted by atomic mass is 16.6. The monoisotopic (exact) mass is 684 g/mol. The zero-order valence-electron chi connectivity index (χ0n) is 30.5. The van der Waals surface area contributed by atoms with E-state index in [9.17, 15) is 24.0 Å². The van der Waals surface area contributed by atoms with Crippen LogP contribution in [-0.4, -0.2) is 59.9 Å². The molecule has 0 bridgehead atoms. The molecule has 49 heavy (non-hydrogen) atoms. The summed E-state index contributed by atoms with van der Waals surface area (Å²) in [6, 6.07) is 1.92. The van der Waals surface area contributed by atoms with E-state index in [0.717, 1.165) is 11.1 Å². The Morgan fingerprint density at radius 2 is 1.63 bits per heavy atom. The van der Waals surface area contributed by atoms with Gasteiger partial charge in [-0.2, -0.15) is 0 Å². The van der Waals surface area contributed by atoms with Gasteiger partial charge in [-0.25, -0.2) is 4.79 Å². The van der Waals surface area contributed by atoms with Gasteiger partial charge in [-0.05, 0) is 62.5 Å². The van der Waals surface area contributed by atoms with E-state index in [-0.39, 0.29) is 24.2 Å². The SMILES string of the molecule is CC[C@H](C)[C@@H](OC(C)=O)C(=O)O[C@@H]1C[C@@H]2[C@@]3(C)[C@@H](OC(C)=O)CC(=O)OC(C)(C)[C@H]3[C@H](OC(C)=O)C[C@@]2(C)C2=CC[C@@H](c3ccoc3)[C@@]21C. The first kappa shape index (κ1) is 36.6. The van der Waals surface area contributed by atoms with Crippen molar-refractivity contribution >= 4 is 29.8 Å². The van der Waals surface area contributed by atoms with Crippen LogP contribution in [0.15, 0.2) is 34.7 Å². The molecule has 11 atom stereocenters. The molecule has 4 aliphatic rings. The third-order valence-electron chi connectivity index (χ3n) is 12.5. The highest BCUT2D eigenvalue weighted by molar-refractivity contribution is 5.79. The minimum Gasteiger partial charge on any atom is -0.472 e. The first-order valence-corrected chi connectivity index (χ1v) is 17.5. The molecule has 270 valence electrons. The van der Waals surface area contributed by atoms with E-state index in [2.05, 4.69) is 19.9 Å². The van der Waals surface area contributed by atoms with Crippen LogP contribution in [0.1, 0.15) is 113 Å². The van der Waals surface area contributed by atoms with E-state index in [1.54, 1.807) is 12.5 Å². The lowest BCUT2D eigenvalue weighted by molar-refractivity contribution is -0.242. The Kier molecular flexibility index (Phi) is 9.66. The largest absolute Gasteiger partial charge is 0.472 e. The number of hydrogen-bond donors (Lipinski definition) is 0. The van der Waals surface area contributed by atoms with E-state index in [1.807, 2.05) is 40.7 Å². The number of rotatable bonds is 8. The summed E-state index contributed by atoms with van der Waals surface area (Å²) < 4.78 is 35.9. The van der Waals surface area contributed by atoms with E-state index in [4.69, 9.17) is 28.1 Å². The topological polar surface area (TPSA) is 145 Å². The van der Waals surface area contributed by atoms with Gasteiger partial charge in [0.2, 0.25) is 6.10 Å². The van der Waals surface area contributed by atoms with Crippen molar-refractivity contribution in [2.24, 2.45) is 34.0 Å². The number of esters is 5. The molecule has 0 radical (unpaired) electrons. The van der Waals surface area contributed by atoms with Crippen molar-refractivity contribution in [2.45, 2.75) is 137 Å². The zero-order valence-corrected chi connectivity index (χ0v) is 30.5. The molecule has 0 aromatic carbocycles. The molecule has 11 nitrogen and oxygen atoms in total. The molecule has 3 aliphatic carbocycles. The second-order valence-electron chi connectivity index (χ2n) is 15.9. The number of carbonyl (C=O) groups excluding carboxylic acids is 5. The highest BCUT2D eigenvalue weighted by Gasteiger charge is 2.73. The third-order valence-corrected chi connectivity index (χ3v) is 12.5. The third kappa shape index (κ3) is 6.09. The van der Waals surface area contributed by atoms with Gasteiger partial charge in [-0.1, -0.05) is 46.3 Å². The maximum absolute atomic E-state index is 14.1. The van der Waals surface area contributed by atoms with Crippen LogP contribution in [0.5, 0.6) is 0 Å². The molecule has 1 aromatic rings. The van der Waals surface area contributed by atoms with Crippen LogP contribution in [-0.2, 0) is 47.7 Å². The number of fused-ring (bicyclic) bond motifs is 5. The predicted molar refractivity (Wildman–Crippen MR) is 175 cm³/mol. The van der Waals surface area contributed by atoms with E-state index in [0.29, 0.717) is 25.7 Å². The van der Waals surface area contributed by atoms with Gasteiger partial charge in [0.15, 0.2) is 0 Å². The normalized spacial score (nSPS) is 37.4. The number of ether oxygens (including phenoxy) is 5. The molecule has 2 heterocycles. The first-order valence-electron chi connectivity index (χ1n) is 17.5. The number of furan rings is 1. The molecule has 1 saturated heterocycles. The Hall–Kier alpha value is -3.63. The van der Waals surface area contributed by atoms with Gasteiger partial charge in [0.05, 0.1) is 18.9 Å². The van der Waals surface area contributed by atoms with Crippen molar-refractivity contribution in [1.29, 1.82) is 0 Å². The van der Waals surface area contributed by atoms with Crippen LogP contribution in [0.4, 0.5) is 0 Å². The molecule has 0 amide bonds. The van der Waals surface area contributed by atoms with Crippen LogP contribution < -0.4 is 0 Å². The average Bonchev–Trinajstić information content (AvgIpc) is 3.62. The van der Waals surface area contributed by atoms with Crippen molar-refractivity contribution in [3.05, 3.63) is 35.8 Å². The molecular formula is C38H52O11. The fraction of sp³-hybridized carbons (Fsp3) is 0.711. The van der Waals surface area contributed by atoms with Gasteiger partial charge in [-0.15, -0.1) is 0 Å². The lowest BCUT2D eigenvalue weighted by Gasteiger charge is -2.67. The second-order valence-corrected chi connectivity index (χ2v) is 15.9. The van der Waals surface area contributed by atoms with Crippen LogP contribution in [0.25, 0.3) is 0 Å². The van der Waals surface area contributed by atoms with E-state index < -0.39 is 82.0 Å². The Morgan fingerprint density at radius 1 is 0.959 bits per heavy atom. The summed E-state index contributed by atoms with van der Waals surface area (Å²) in [5.74, 6) is -4.06. The van der Waals surface area contributed by atoms with E-state index >= 15 is 0 Å². The summed E-state index contributed by atoms with van der Waals surface area (Å²) >= 11 is 0. The molecule has 1 aromatic heterocycles. The second kappa shape index (κ2) is 12.9. The van der Waals surface area contributed by atoms with Crippen LogP contribution in [0, 0.1) is 34.0 Å². The number of hydrogen-bond acceptors (Lipinski definition) is 11. The zero-order chi connectivity index (χ0) is 36.3.